The summed E-state index contributed by atoms with van der Waals surface area (Å²) in [5.41, 5.74) is 1.11. The molecule has 1 saturated heterocycles. The van der Waals surface area contributed by atoms with Crippen molar-refractivity contribution < 1.29 is 4.39 Å². The molecule has 2 rings (SSSR count). The van der Waals surface area contributed by atoms with Crippen molar-refractivity contribution in [1.82, 2.24) is 10.2 Å². The van der Waals surface area contributed by atoms with Crippen molar-refractivity contribution in [1.29, 1.82) is 0 Å². The fourth-order valence-corrected chi connectivity index (χ4v) is 3.54. The van der Waals surface area contributed by atoms with Crippen molar-refractivity contribution in [3.05, 3.63) is 34.1 Å². The van der Waals surface area contributed by atoms with Crippen LogP contribution < -0.4 is 5.32 Å². The van der Waals surface area contributed by atoms with Gasteiger partial charge in [-0.3, -0.25) is 0 Å². The quantitative estimate of drug-likeness (QED) is 0.880. The van der Waals surface area contributed by atoms with Crippen molar-refractivity contribution in [3.8, 4) is 0 Å². The minimum Gasteiger partial charge on any atom is -0.309 e. The van der Waals surface area contributed by atoms with Crippen molar-refractivity contribution >= 4 is 27.7 Å². The standard InChI is InChI=1S/C14H20BrFN2S/c1-11(12-2-3-14(16)13(15)10-12)17-4-5-18-6-8-19-9-7-18/h2-3,10-11,17H,4-9H2,1H3. The molecule has 0 bridgehead atoms. The topological polar surface area (TPSA) is 15.3 Å². The summed E-state index contributed by atoms with van der Waals surface area (Å²) in [6.07, 6.45) is 0. The van der Waals surface area contributed by atoms with Gasteiger partial charge < -0.3 is 10.2 Å². The first kappa shape index (κ1) is 15.3. The van der Waals surface area contributed by atoms with Crippen molar-refractivity contribution in [3.63, 3.8) is 0 Å². The zero-order valence-electron chi connectivity index (χ0n) is 11.2. The average molecular weight is 347 g/mol. The number of nitrogens with zero attached hydrogens (tertiary/aromatic N) is 1. The van der Waals surface area contributed by atoms with Crippen LogP contribution in [0.1, 0.15) is 18.5 Å². The Morgan fingerprint density at radius 2 is 2.16 bits per heavy atom. The highest BCUT2D eigenvalue weighted by atomic mass is 79.9. The van der Waals surface area contributed by atoms with Gasteiger partial charge in [-0.2, -0.15) is 11.8 Å². The molecule has 1 aliphatic heterocycles. The normalized spacial score (nSPS) is 18.5. The molecule has 1 unspecified atom stereocenters. The zero-order valence-corrected chi connectivity index (χ0v) is 13.6. The number of nitrogens with one attached hydrogen (secondary N) is 1. The SMILES string of the molecule is CC(NCCN1CCSCC1)c1ccc(F)c(Br)c1. The lowest BCUT2D eigenvalue weighted by Crippen LogP contribution is -2.38. The summed E-state index contributed by atoms with van der Waals surface area (Å²) in [7, 11) is 0. The van der Waals surface area contributed by atoms with E-state index in [0.29, 0.717) is 4.47 Å². The van der Waals surface area contributed by atoms with Gasteiger partial charge in [-0.25, -0.2) is 4.39 Å². The summed E-state index contributed by atoms with van der Waals surface area (Å²) in [5, 5.41) is 3.50. The van der Waals surface area contributed by atoms with Crippen LogP contribution in [0.25, 0.3) is 0 Å². The molecular weight excluding hydrogens is 327 g/mol. The Balaban J connectivity index is 1.76. The van der Waals surface area contributed by atoms with Crippen molar-refractivity contribution in [2.45, 2.75) is 13.0 Å². The predicted molar refractivity (Wildman–Crippen MR) is 84.3 cm³/mol. The van der Waals surface area contributed by atoms with Gasteiger partial charge in [0.2, 0.25) is 0 Å². The summed E-state index contributed by atoms with van der Waals surface area (Å²) in [6.45, 7) is 6.57. The predicted octanol–water partition coefficient (Wildman–Crippen LogP) is 3.29. The molecule has 2 nitrogen and oxygen atoms in total. The van der Waals surface area contributed by atoms with Crippen LogP contribution in [0.2, 0.25) is 0 Å². The molecule has 0 saturated carbocycles. The maximum atomic E-state index is 13.2. The third-order valence-corrected chi connectivity index (χ3v) is 4.98. The highest BCUT2D eigenvalue weighted by molar-refractivity contribution is 9.10. The van der Waals surface area contributed by atoms with Gasteiger partial charge in [0.25, 0.3) is 0 Å². The lowest BCUT2D eigenvalue weighted by Gasteiger charge is -2.27. The molecule has 19 heavy (non-hydrogen) atoms. The zero-order chi connectivity index (χ0) is 13.7. The van der Waals surface area contributed by atoms with Gasteiger partial charge in [-0.1, -0.05) is 6.07 Å². The van der Waals surface area contributed by atoms with Crippen molar-refractivity contribution in [2.75, 3.05) is 37.7 Å². The van der Waals surface area contributed by atoms with Gasteiger partial charge in [-0.15, -0.1) is 0 Å². The largest absolute Gasteiger partial charge is 0.309 e. The van der Waals surface area contributed by atoms with E-state index in [2.05, 4.69) is 33.1 Å². The van der Waals surface area contributed by atoms with Crippen LogP contribution in [0.3, 0.4) is 0 Å². The van der Waals surface area contributed by atoms with Crippen LogP contribution in [0, 0.1) is 5.82 Å². The molecule has 1 aromatic rings. The number of rotatable bonds is 5. The maximum Gasteiger partial charge on any atom is 0.137 e. The van der Waals surface area contributed by atoms with E-state index in [4.69, 9.17) is 0 Å². The number of halogens is 2. The van der Waals surface area contributed by atoms with Gasteiger partial charge in [0.1, 0.15) is 5.82 Å². The molecular formula is C14H20BrFN2S. The summed E-state index contributed by atoms with van der Waals surface area (Å²) < 4.78 is 13.7. The average Bonchev–Trinajstić information content (AvgIpc) is 2.43. The van der Waals surface area contributed by atoms with E-state index < -0.39 is 0 Å². The van der Waals surface area contributed by atoms with Gasteiger partial charge in [0.15, 0.2) is 0 Å². The molecule has 1 atom stereocenters. The van der Waals surface area contributed by atoms with Gasteiger partial charge in [-0.05, 0) is 40.5 Å². The fourth-order valence-electron chi connectivity index (χ4n) is 2.16. The second-order valence-corrected chi connectivity index (χ2v) is 6.88. The van der Waals surface area contributed by atoms with Crippen LogP contribution in [0.4, 0.5) is 4.39 Å². The molecule has 0 aromatic heterocycles. The molecule has 1 fully saturated rings. The van der Waals surface area contributed by atoms with Crippen LogP contribution >= 0.6 is 27.7 Å². The Morgan fingerprint density at radius 3 is 2.84 bits per heavy atom. The van der Waals surface area contributed by atoms with Crippen LogP contribution in [-0.4, -0.2) is 42.6 Å². The number of benzene rings is 1. The Hall–Kier alpha value is -0.100. The summed E-state index contributed by atoms with van der Waals surface area (Å²) in [4.78, 5) is 2.50. The first-order chi connectivity index (χ1) is 9.16. The second-order valence-electron chi connectivity index (χ2n) is 4.80. The van der Waals surface area contributed by atoms with E-state index in [1.54, 1.807) is 0 Å². The lowest BCUT2D eigenvalue weighted by atomic mass is 10.1. The molecule has 1 aliphatic rings. The van der Waals surface area contributed by atoms with Gasteiger partial charge in [0.05, 0.1) is 4.47 Å². The number of hydrogen-bond donors (Lipinski definition) is 1. The van der Waals surface area contributed by atoms with E-state index >= 15 is 0 Å². The molecule has 0 radical (unpaired) electrons. The van der Waals surface area contributed by atoms with E-state index in [1.165, 1.54) is 30.7 Å². The van der Waals surface area contributed by atoms with E-state index in [9.17, 15) is 4.39 Å². The van der Waals surface area contributed by atoms with E-state index in [1.807, 2.05) is 23.9 Å². The lowest BCUT2D eigenvalue weighted by molar-refractivity contribution is 0.297. The van der Waals surface area contributed by atoms with Crippen LogP contribution in [0.5, 0.6) is 0 Å². The second kappa shape index (κ2) is 7.62. The Bertz CT molecular complexity index is 410. The highest BCUT2D eigenvalue weighted by Crippen LogP contribution is 2.21. The minimum atomic E-state index is -0.207. The molecule has 0 amide bonds. The molecule has 1 N–H and O–H groups in total. The minimum absolute atomic E-state index is 0.207. The first-order valence-corrected chi connectivity index (χ1v) is 8.60. The molecule has 1 aromatic carbocycles. The van der Waals surface area contributed by atoms with Gasteiger partial charge in [0, 0.05) is 43.7 Å². The molecule has 1 heterocycles. The highest BCUT2D eigenvalue weighted by Gasteiger charge is 2.11. The van der Waals surface area contributed by atoms with E-state index in [-0.39, 0.29) is 11.9 Å². The first-order valence-electron chi connectivity index (χ1n) is 6.65. The van der Waals surface area contributed by atoms with Crippen LogP contribution in [-0.2, 0) is 0 Å². The smallest absolute Gasteiger partial charge is 0.137 e. The molecule has 5 heteroatoms. The third-order valence-electron chi connectivity index (χ3n) is 3.43. The molecule has 106 valence electrons. The summed E-state index contributed by atoms with van der Waals surface area (Å²) in [6, 6.07) is 5.45. The van der Waals surface area contributed by atoms with Gasteiger partial charge >= 0.3 is 0 Å². The maximum absolute atomic E-state index is 13.2. The summed E-state index contributed by atoms with van der Waals surface area (Å²) in [5.74, 6) is 2.29. The Kier molecular flexibility index (Phi) is 6.13. The van der Waals surface area contributed by atoms with Crippen molar-refractivity contribution in [2.24, 2.45) is 0 Å². The monoisotopic (exact) mass is 346 g/mol. The third kappa shape index (κ3) is 4.74. The molecule has 0 spiro atoms. The fraction of sp³-hybridized carbons (Fsp3) is 0.571. The molecule has 0 aliphatic carbocycles. The number of thioether (sulfide) groups is 1. The van der Waals surface area contributed by atoms with Crippen LogP contribution in [0.15, 0.2) is 22.7 Å². The Morgan fingerprint density at radius 1 is 1.42 bits per heavy atom. The Labute approximate surface area is 127 Å². The summed E-state index contributed by atoms with van der Waals surface area (Å²) >= 11 is 5.27. The number of hydrogen-bond acceptors (Lipinski definition) is 3. The van der Waals surface area contributed by atoms with E-state index in [0.717, 1.165) is 18.7 Å².